The molecule has 3 heterocycles. The maximum absolute atomic E-state index is 12.6. The average molecular weight is 456 g/mol. The van der Waals surface area contributed by atoms with Crippen molar-refractivity contribution in [1.82, 2.24) is 19.9 Å². The third-order valence-electron chi connectivity index (χ3n) is 4.66. The van der Waals surface area contributed by atoms with Crippen LogP contribution in [0, 0.1) is 6.92 Å². The van der Waals surface area contributed by atoms with E-state index < -0.39 is 15.9 Å². The fourth-order valence-electron chi connectivity index (χ4n) is 3.03. The van der Waals surface area contributed by atoms with Gasteiger partial charge in [-0.05, 0) is 37.3 Å². The van der Waals surface area contributed by atoms with Gasteiger partial charge >= 0.3 is 0 Å². The number of hydrogen-bond acceptors (Lipinski definition) is 9. The quantitative estimate of drug-likeness (QED) is 0.565. The van der Waals surface area contributed by atoms with Gasteiger partial charge in [0.25, 0.3) is 15.9 Å². The van der Waals surface area contributed by atoms with Gasteiger partial charge in [0.05, 0.1) is 18.1 Å². The fraction of sp³-hybridized carbons (Fsp3) is 0.250. The van der Waals surface area contributed by atoms with Crippen molar-refractivity contribution in [3.8, 4) is 0 Å². The molecule has 1 saturated heterocycles. The predicted molar refractivity (Wildman–Crippen MR) is 117 cm³/mol. The second-order valence-corrected chi connectivity index (χ2v) is 8.65. The zero-order valence-electron chi connectivity index (χ0n) is 17.2. The van der Waals surface area contributed by atoms with E-state index in [1.165, 1.54) is 36.8 Å². The molecule has 0 unspecified atom stereocenters. The van der Waals surface area contributed by atoms with E-state index in [1.54, 1.807) is 19.1 Å². The number of nitrogens with one attached hydrogen (secondary N) is 2. The van der Waals surface area contributed by atoms with Crippen molar-refractivity contribution in [2.75, 3.05) is 41.2 Å². The molecule has 4 rings (SSSR count). The third kappa shape index (κ3) is 5.15. The summed E-state index contributed by atoms with van der Waals surface area (Å²) in [6.45, 7) is 4.32. The standard InChI is InChI=1S/C20H21N7O4S/c1-14-6-7-21-20(24-14)26-32(29,30)16-4-2-15(3-5-16)25-19(28)17-12-18(23-13-22-17)27-8-10-31-11-9-27/h2-7,12-13H,8-11H2,1H3,(H,25,28)(H,21,24,26). The molecule has 2 N–H and O–H groups in total. The molecule has 2 aromatic heterocycles. The van der Waals surface area contributed by atoms with Crippen LogP contribution >= 0.6 is 0 Å². The smallest absolute Gasteiger partial charge is 0.274 e. The van der Waals surface area contributed by atoms with Gasteiger partial charge in [0, 0.05) is 36.7 Å². The Bertz CT molecular complexity index is 1210. The Morgan fingerprint density at radius 2 is 1.81 bits per heavy atom. The number of ether oxygens (including phenoxy) is 1. The third-order valence-corrected chi connectivity index (χ3v) is 6.01. The van der Waals surface area contributed by atoms with Gasteiger partial charge in [-0.3, -0.25) is 4.79 Å². The highest BCUT2D eigenvalue weighted by atomic mass is 32.2. The van der Waals surface area contributed by atoms with E-state index in [0.29, 0.717) is 43.5 Å². The van der Waals surface area contributed by atoms with E-state index in [-0.39, 0.29) is 16.5 Å². The minimum Gasteiger partial charge on any atom is -0.378 e. The first kappa shape index (κ1) is 21.6. The SMILES string of the molecule is Cc1ccnc(NS(=O)(=O)c2ccc(NC(=O)c3cc(N4CCOCC4)ncn3)cc2)n1. The fourth-order valence-corrected chi connectivity index (χ4v) is 3.98. The molecule has 1 fully saturated rings. The summed E-state index contributed by atoms with van der Waals surface area (Å²) in [4.78, 5) is 30.8. The molecule has 12 heteroatoms. The van der Waals surface area contributed by atoms with Crippen molar-refractivity contribution in [2.24, 2.45) is 0 Å². The molecule has 0 aliphatic carbocycles. The molecule has 1 aliphatic rings. The van der Waals surface area contributed by atoms with Crippen LogP contribution in [0.2, 0.25) is 0 Å². The summed E-state index contributed by atoms with van der Waals surface area (Å²) in [7, 11) is -3.87. The number of morpholine rings is 1. The number of rotatable bonds is 6. The molecule has 1 amide bonds. The molecule has 0 radical (unpaired) electrons. The Balaban J connectivity index is 1.44. The number of sulfonamides is 1. The molecule has 1 aliphatic heterocycles. The molecule has 32 heavy (non-hydrogen) atoms. The molecular formula is C20H21N7O4S. The largest absolute Gasteiger partial charge is 0.378 e. The van der Waals surface area contributed by atoms with Crippen LogP contribution in [0.5, 0.6) is 0 Å². The number of benzene rings is 1. The van der Waals surface area contributed by atoms with Crippen LogP contribution < -0.4 is 14.9 Å². The average Bonchev–Trinajstić information content (AvgIpc) is 2.80. The summed E-state index contributed by atoms with van der Waals surface area (Å²) >= 11 is 0. The molecule has 0 spiro atoms. The Morgan fingerprint density at radius 3 is 2.53 bits per heavy atom. The summed E-state index contributed by atoms with van der Waals surface area (Å²) in [5.41, 5.74) is 1.26. The number of hydrogen-bond donors (Lipinski definition) is 2. The normalized spacial score (nSPS) is 14.1. The summed E-state index contributed by atoms with van der Waals surface area (Å²) < 4.78 is 32.8. The monoisotopic (exact) mass is 455 g/mol. The highest BCUT2D eigenvalue weighted by Crippen LogP contribution is 2.18. The first-order valence-corrected chi connectivity index (χ1v) is 11.3. The second-order valence-electron chi connectivity index (χ2n) is 6.97. The van der Waals surface area contributed by atoms with Crippen LogP contribution in [-0.2, 0) is 14.8 Å². The second kappa shape index (κ2) is 9.24. The van der Waals surface area contributed by atoms with Crippen molar-refractivity contribution in [3.05, 3.63) is 60.3 Å². The van der Waals surface area contributed by atoms with E-state index in [9.17, 15) is 13.2 Å². The lowest BCUT2D eigenvalue weighted by atomic mass is 10.3. The minimum atomic E-state index is -3.87. The maximum Gasteiger partial charge on any atom is 0.274 e. The van der Waals surface area contributed by atoms with Gasteiger partial charge < -0.3 is 15.0 Å². The lowest BCUT2D eigenvalue weighted by Crippen LogP contribution is -2.37. The highest BCUT2D eigenvalue weighted by Gasteiger charge is 2.18. The molecule has 1 aromatic carbocycles. The van der Waals surface area contributed by atoms with E-state index in [2.05, 4.69) is 30.0 Å². The van der Waals surface area contributed by atoms with E-state index >= 15 is 0 Å². The van der Waals surface area contributed by atoms with Crippen LogP contribution in [0.25, 0.3) is 0 Å². The highest BCUT2D eigenvalue weighted by molar-refractivity contribution is 7.92. The van der Waals surface area contributed by atoms with E-state index in [4.69, 9.17) is 4.74 Å². The Kier molecular flexibility index (Phi) is 6.23. The van der Waals surface area contributed by atoms with E-state index in [1.807, 2.05) is 4.90 Å². The van der Waals surface area contributed by atoms with Gasteiger partial charge in [0.15, 0.2) is 0 Å². The van der Waals surface area contributed by atoms with Crippen LogP contribution in [0.15, 0.2) is 53.8 Å². The predicted octanol–water partition coefficient (Wildman–Crippen LogP) is 1.46. The maximum atomic E-state index is 12.6. The number of carbonyl (C=O) groups is 1. The first-order chi connectivity index (χ1) is 15.4. The minimum absolute atomic E-state index is 0.0113. The van der Waals surface area contributed by atoms with Crippen molar-refractivity contribution < 1.29 is 17.9 Å². The summed E-state index contributed by atoms with van der Waals surface area (Å²) in [5, 5.41) is 2.71. The van der Waals surface area contributed by atoms with Gasteiger partial charge in [-0.1, -0.05) is 0 Å². The van der Waals surface area contributed by atoms with Crippen molar-refractivity contribution in [2.45, 2.75) is 11.8 Å². The van der Waals surface area contributed by atoms with Gasteiger partial charge in [0.2, 0.25) is 5.95 Å². The number of nitrogens with zero attached hydrogens (tertiary/aromatic N) is 5. The van der Waals surface area contributed by atoms with Gasteiger partial charge in [0.1, 0.15) is 17.8 Å². The summed E-state index contributed by atoms with van der Waals surface area (Å²) in [6, 6.07) is 9.03. The van der Waals surface area contributed by atoms with Gasteiger partial charge in [-0.2, -0.15) is 0 Å². The molecule has 0 saturated carbocycles. The Hall–Kier alpha value is -3.64. The topological polar surface area (TPSA) is 139 Å². The zero-order valence-corrected chi connectivity index (χ0v) is 18.0. The number of aryl methyl sites for hydroxylation is 1. The molecule has 3 aromatic rings. The number of aromatic nitrogens is 4. The number of anilines is 3. The van der Waals surface area contributed by atoms with Gasteiger partial charge in [-0.15, -0.1) is 0 Å². The molecule has 0 atom stereocenters. The van der Waals surface area contributed by atoms with Crippen molar-refractivity contribution in [1.29, 1.82) is 0 Å². The lowest BCUT2D eigenvalue weighted by molar-refractivity contribution is 0.102. The zero-order chi connectivity index (χ0) is 22.6. The van der Waals surface area contributed by atoms with E-state index in [0.717, 1.165) is 0 Å². The van der Waals surface area contributed by atoms with Crippen molar-refractivity contribution >= 4 is 33.4 Å². The number of amides is 1. The van der Waals surface area contributed by atoms with Crippen LogP contribution in [0.1, 0.15) is 16.2 Å². The Labute approximate surface area is 185 Å². The first-order valence-electron chi connectivity index (χ1n) is 9.79. The molecule has 0 bridgehead atoms. The molecule has 166 valence electrons. The van der Waals surface area contributed by atoms with Crippen LogP contribution in [0.3, 0.4) is 0 Å². The number of carbonyl (C=O) groups excluding carboxylic acids is 1. The summed E-state index contributed by atoms with van der Waals surface area (Å²) in [5.74, 6) is 0.213. The Morgan fingerprint density at radius 1 is 1.06 bits per heavy atom. The summed E-state index contributed by atoms with van der Waals surface area (Å²) in [6.07, 6.45) is 2.81. The van der Waals surface area contributed by atoms with Crippen LogP contribution in [0.4, 0.5) is 17.5 Å². The molecule has 11 nitrogen and oxygen atoms in total. The van der Waals surface area contributed by atoms with Crippen molar-refractivity contribution in [3.63, 3.8) is 0 Å². The lowest BCUT2D eigenvalue weighted by Gasteiger charge is -2.27. The molecular weight excluding hydrogens is 434 g/mol. The van der Waals surface area contributed by atoms with Crippen LogP contribution in [-0.4, -0.2) is 60.6 Å². The van der Waals surface area contributed by atoms with Gasteiger partial charge in [-0.25, -0.2) is 33.1 Å².